The van der Waals surface area contributed by atoms with Crippen LogP contribution in [0.15, 0.2) is 48.6 Å². The number of aliphatic hydroxyl groups excluding tert-OH is 11. The van der Waals surface area contributed by atoms with E-state index in [-0.39, 0.29) is 18.9 Å². The molecule has 1 amide bonds. The molecule has 0 spiro atoms. The molecule has 0 saturated carbocycles. The maximum absolute atomic E-state index is 13.1. The van der Waals surface area contributed by atoms with Crippen molar-refractivity contribution in [2.24, 2.45) is 0 Å². The van der Waals surface area contributed by atoms with Gasteiger partial charge in [0.05, 0.1) is 38.6 Å². The van der Waals surface area contributed by atoms with Crippen LogP contribution < -0.4 is 5.32 Å². The van der Waals surface area contributed by atoms with Gasteiger partial charge in [-0.25, -0.2) is 0 Å². The number of aliphatic hydroxyl groups is 11. The Kier molecular flexibility index (Phi) is 29.4. The Morgan fingerprint density at radius 1 is 0.552 bits per heavy atom. The highest BCUT2D eigenvalue weighted by Crippen LogP contribution is 2.33. The standard InChI is InChI=1S/C48H83NO18/c1-3-5-7-9-11-13-14-15-16-18-20-22-24-26-36(54)49-31(32(53)25-23-21-19-17-12-10-8-6-4-2)30-62-46-42(60)39(57)44(34(28-51)64-46)67-48-43(61)40(58)45(35(29-52)65-48)66-47-41(59)38(56)37(55)33(27-50)63-47/h5,7,11,13,15-16,20,22,31-35,37-48,50-53,55-61H,3-4,6,8-10,12,14,17-19,21,23-30H2,1-2H3,(H,49,54)/b7-5-,13-11-,16-15-,22-20-. The lowest BCUT2D eigenvalue weighted by atomic mass is 9.96. The Morgan fingerprint density at radius 2 is 1.00 bits per heavy atom. The molecule has 0 aromatic heterocycles. The number of ether oxygens (including phenoxy) is 6. The van der Waals surface area contributed by atoms with E-state index in [2.05, 4.69) is 55.6 Å². The Morgan fingerprint density at radius 3 is 1.52 bits per heavy atom. The van der Waals surface area contributed by atoms with Crippen LogP contribution in [0.3, 0.4) is 0 Å². The quantitative estimate of drug-likeness (QED) is 0.0328. The van der Waals surface area contributed by atoms with Crippen LogP contribution in [0, 0.1) is 0 Å². The summed E-state index contributed by atoms with van der Waals surface area (Å²) >= 11 is 0. The van der Waals surface area contributed by atoms with Crippen molar-refractivity contribution >= 4 is 5.91 Å². The first-order valence-electron chi connectivity index (χ1n) is 24.4. The second-order valence-electron chi connectivity index (χ2n) is 17.5. The highest BCUT2D eigenvalue weighted by Gasteiger charge is 2.53. The normalized spacial score (nSPS) is 33.9. The van der Waals surface area contributed by atoms with Crippen LogP contribution in [-0.2, 0) is 33.2 Å². The number of unbranched alkanes of at least 4 members (excludes halogenated alkanes) is 8. The van der Waals surface area contributed by atoms with Crippen LogP contribution in [0.1, 0.15) is 117 Å². The minimum Gasteiger partial charge on any atom is -0.394 e. The zero-order chi connectivity index (χ0) is 49.1. The smallest absolute Gasteiger partial charge is 0.220 e. The Hall–Kier alpha value is -2.25. The van der Waals surface area contributed by atoms with Crippen molar-refractivity contribution in [3.63, 3.8) is 0 Å². The molecule has 67 heavy (non-hydrogen) atoms. The summed E-state index contributed by atoms with van der Waals surface area (Å²) in [7, 11) is 0. The van der Waals surface area contributed by atoms with Gasteiger partial charge in [-0.15, -0.1) is 0 Å². The number of carbonyl (C=O) groups is 1. The lowest BCUT2D eigenvalue weighted by Gasteiger charge is -2.48. The van der Waals surface area contributed by atoms with E-state index < -0.39 is 124 Å². The Balaban J connectivity index is 1.59. The largest absolute Gasteiger partial charge is 0.394 e. The van der Waals surface area contributed by atoms with Gasteiger partial charge in [-0.2, -0.15) is 0 Å². The number of hydrogen-bond donors (Lipinski definition) is 12. The van der Waals surface area contributed by atoms with Gasteiger partial charge in [0.15, 0.2) is 18.9 Å². The Bertz CT molecular complexity index is 1430. The molecule has 12 N–H and O–H groups in total. The van der Waals surface area contributed by atoms with E-state index in [0.29, 0.717) is 19.3 Å². The van der Waals surface area contributed by atoms with Crippen LogP contribution in [-0.4, -0.2) is 193 Å². The molecule has 388 valence electrons. The van der Waals surface area contributed by atoms with Crippen molar-refractivity contribution in [2.45, 2.75) is 221 Å². The fourth-order valence-electron chi connectivity index (χ4n) is 8.08. The monoisotopic (exact) mass is 962 g/mol. The second kappa shape index (κ2) is 33.4. The summed E-state index contributed by atoms with van der Waals surface area (Å²) in [6.45, 7) is 1.52. The van der Waals surface area contributed by atoms with Gasteiger partial charge in [-0.1, -0.05) is 120 Å². The van der Waals surface area contributed by atoms with E-state index in [1.165, 1.54) is 25.7 Å². The van der Waals surface area contributed by atoms with E-state index in [9.17, 15) is 61.0 Å². The molecule has 3 saturated heterocycles. The molecule has 0 aromatic carbocycles. The molecule has 0 aromatic rings. The fourth-order valence-corrected chi connectivity index (χ4v) is 8.08. The summed E-state index contributed by atoms with van der Waals surface area (Å²) in [5.74, 6) is -0.329. The topological polar surface area (TPSA) is 307 Å². The molecule has 3 fully saturated rings. The number of hydrogen-bond acceptors (Lipinski definition) is 18. The third-order valence-corrected chi connectivity index (χ3v) is 12.2. The van der Waals surface area contributed by atoms with Gasteiger partial charge in [0.2, 0.25) is 5.91 Å². The summed E-state index contributed by atoms with van der Waals surface area (Å²) < 4.78 is 34.0. The number of nitrogens with one attached hydrogen (secondary N) is 1. The average Bonchev–Trinajstić information content (AvgIpc) is 3.32. The third kappa shape index (κ3) is 19.8. The second-order valence-corrected chi connectivity index (χ2v) is 17.5. The summed E-state index contributed by atoms with van der Waals surface area (Å²) in [5, 5.41) is 119. The molecule has 3 aliphatic heterocycles. The summed E-state index contributed by atoms with van der Waals surface area (Å²) in [6.07, 6.45) is 4.07. The number of rotatable bonds is 32. The molecule has 19 nitrogen and oxygen atoms in total. The van der Waals surface area contributed by atoms with Crippen LogP contribution in [0.2, 0.25) is 0 Å². The van der Waals surface area contributed by atoms with Gasteiger partial charge < -0.3 is 89.9 Å². The van der Waals surface area contributed by atoms with Gasteiger partial charge >= 0.3 is 0 Å². The van der Waals surface area contributed by atoms with Crippen molar-refractivity contribution in [1.29, 1.82) is 0 Å². The van der Waals surface area contributed by atoms with Gasteiger partial charge in [0, 0.05) is 6.42 Å². The molecule has 0 bridgehead atoms. The predicted molar refractivity (Wildman–Crippen MR) is 245 cm³/mol. The zero-order valence-corrected chi connectivity index (χ0v) is 39.4. The fraction of sp³-hybridized carbons (Fsp3) is 0.812. The van der Waals surface area contributed by atoms with Crippen molar-refractivity contribution in [1.82, 2.24) is 5.32 Å². The third-order valence-electron chi connectivity index (χ3n) is 12.2. The maximum Gasteiger partial charge on any atom is 0.220 e. The van der Waals surface area contributed by atoms with Crippen LogP contribution in [0.25, 0.3) is 0 Å². The van der Waals surface area contributed by atoms with Crippen LogP contribution in [0.4, 0.5) is 0 Å². The Labute approximate surface area is 395 Å². The lowest BCUT2D eigenvalue weighted by molar-refractivity contribution is -0.379. The molecular formula is C48H83NO18. The minimum atomic E-state index is -1.98. The predicted octanol–water partition coefficient (Wildman–Crippen LogP) is 0.803. The molecule has 17 atom stereocenters. The summed E-state index contributed by atoms with van der Waals surface area (Å²) in [4.78, 5) is 13.1. The molecular weight excluding hydrogens is 879 g/mol. The molecule has 3 aliphatic rings. The van der Waals surface area contributed by atoms with Crippen molar-refractivity contribution in [2.75, 3.05) is 26.4 Å². The molecule has 0 aliphatic carbocycles. The van der Waals surface area contributed by atoms with Crippen molar-refractivity contribution in [3.8, 4) is 0 Å². The number of carbonyl (C=O) groups excluding carboxylic acids is 1. The van der Waals surface area contributed by atoms with Gasteiger partial charge in [0.25, 0.3) is 0 Å². The number of amides is 1. The van der Waals surface area contributed by atoms with E-state index in [1.54, 1.807) is 0 Å². The molecule has 3 rings (SSSR count). The molecule has 17 unspecified atom stereocenters. The highest BCUT2D eigenvalue weighted by atomic mass is 16.8. The van der Waals surface area contributed by atoms with Gasteiger partial charge in [-0.3, -0.25) is 4.79 Å². The van der Waals surface area contributed by atoms with Crippen LogP contribution in [0.5, 0.6) is 0 Å². The van der Waals surface area contributed by atoms with E-state index >= 15 is 0 Å². The first kappa shape index (κ1) is 59.1. The van der Waals surface area contributed by atoms with Crippen LogP contribution >= 0.6 is 0 Å². The summed E-state index contributed by atoms with van der Waals surface area (Å²) in [5.41, 5.74) is 0. The SMILES string of the molecule is CC/C=C\C/C=C\C/C=C\C/C=C\CCC(=O)NC(COC1OC(CO)C(OC2OC(CO)C(OC3OC(CO)C(O)C(O)C3O)C(O)C2O)C(O)C1O)C(O)CCCCCCCCCCC. The van der Waals surface area contributed by atoms with Gasteiger partial charge in [-0.05, 0) is 38.5 Å². The van der Waals surface area contributed by atoms with E-state index in [0.717, 1.165) is 51.4 Å². The minimum absolute atomic E-state index is 0.143. The molecule has 3 heterocycles. The summed E-state index contributed by atoms with van der Waals surface area (Å²) in [6, 6.07) is -0.922. The van der Waals surface area contributed by atoms with E-state index in [1.807, 2.05) is 12.2 Å². The maximum atomic E-state index is 13.1. The van der Waals surface area contributed by atoms with E-state index in [4.69, 9.17) is 28.4 Å². The first-order chi connectivity index (χ1) is 32.3. The highest BCUT2D eigenvalue weighted by molar-refractivity contribution is 5.76. The lowest BCUT2D eigenvalue weighted by Crippen LogP contribution is -2.66. The number of allylic oxidation sites excluding steroid dienone is 8. The van der Waals surface area contributed by atoms with Gasteiger partial charge in [0.1, 0.15) is 73.2 Å². The van der Waals surface area contributed by atoms with Crippen molar-refractivity contribution in [3.05, 3.63) is 48.6 Å². The first-order valence-corrected chi connectivity index (χ1v) is 24.4. The zero-order valence-electron chi connectivity index (χ0n) is 39.4. The molecule has 19 heteroatoms. The van der Waals surface area contributed by atoms with Crippen molar-refractivity contribution < 1.29 is 89.4 Å². The molecule has 0 radical (unpaired) electrons. The average molecular weight is 962 g/mol.